The Morgan fingerprint density at radius 3 is 2.80 bits per heavy atom. The van der Waals surface area contributed by atoms with Crippen LogP contribution in [0.5, 0.6) is 0 Å². The van der Waals surface area contributed by atoms with E-state index in [0.29, 0.717) is 24.4 Å². The zero-order valence-electron chi connectivity index (χ0n) is 15.5. The van der Waals surface area contributed by atoms with Crippen LogP contribution in [0.4, 0.5) is 10.6 Å². The summed E-state index contributed by atoms with van der Waals surface area (Å²) >= 11 is 0. The van der Waals surface area contributed by atoms with Crippen LogP contribution in [-0.4, -0.2) is 28.8 Å². The van der Waals surface area contributed by atoms with Crippen molar-refractivity contribution in [2.45, 2.75) is 65.3 Å². The number of nitrogen functional groups attached to an aromatic ring is 1. The van der Waals surface area contributed by atoms with E-state index in [1.54, 1.807) is 0 Å². The van der Waals surface area contributed by atoms with E-state index in [0.717, 1.165) is 18.5 Å². The second-order valence-electron chi connectivity index (χ2n) is 7.94. The molecular weight excluding hydrogens is 316 g/mol. The van der Waals surface area contributed by atoms with Gasteiger partial charge in [0.1, 0.15) is 11.6 Å². The monoisotopic (exact) mass is 346 g/mol. The summed E-state index contributed by atoms with van der Waals surface area (Å²) in [7, 11) is 0. The highest BCUT2D eigenvalue weighted by Gasteiger charge is 2.34. The number of nitriles is 1. The second kappa shape index (κ2) is 8.24. The number of rotatable bonds is 5. The predicted octanol–water partition coefficient (Wildman–Crippen LogP) is 2.70. The van der Waals surface area contributed by atoms with Crippen LogP contribution in [-0.2, 0) is 6.42 Å². The van der Waals surface area contributed by atoms with Crippen molar-refractivity contribution in [1.82, 2.24) is 20.8 Å². The van der Waals surface area contributed by atoms with Gasteiger partial charge < -0.3 is 16.4 Å². The van der Waals surface area contributed by atoms with Crippen molar-refractivity contribution in [2.24, 2.45) is 11.3 Å². The fourth-order valence-corrected chi connectivity index (χ4v) is 3.73. The van der Waals surface area contributed by atoms with Crippen LogP contribution in [0.25, 0.3) is 0 Å². The number of urea groups is 1. The summed E-state index contributed by atoms with van der Waals surface area (Å²) in [5.41, 5.74) is 6.94. The molecule has 0 spiro atoms. The lowest BCUT2D eigenvalue weighted by atomic mass is 9.69. The normalized spacial score (nSPS) is 20.7. The van der Waals surface area contributed by atoms with Crippen LogP contribution in [0.3, 0.4) is 0 Å². The molecule has 1 heterocycles. The van der Waals surface area contributed by atoms with Gasteiger partial charge in [-0.05, 0) is 37.0 Å². The molecule has 0 saturated heterocycles. The number of aromatic amines is 1. The second-order valence-corrected chi connectivity index (χ2v) is 7.94. The molecule has 0 aliphatic heterocycles. The lowest BCUT2D eigenvalue weighted by Crippen LogP contribution is -2.50. The number of carbonyl (C=O) groups is 1. The Labute approximate surface area is 149 Å². The molecule has 1 fully saturated rings. The number of amides is 2. The van der Waals surface area contributed by atoms with Gasteiger partial charge >= 0.3 is 6.03 Å². The third-order valence-electron chi connectivity index (χ3n) is 5.06. The minimum absolute atomic E-state index is 0.106. The number of nitrogens with zero attached hydrogens (tertiary/aromatic N) is 2. The number of nitrogens with one attached hydrogen (secondary N) is 3. The van der Waals surface area contributed by atoms with E-state index in [9.17, 15) is 4.79 Å². The van der Waals surface area contributed by atoms with Gasteiger partial charge in [0.2, 0.25) is 0 Å². The molecule has 2 rings (SSSR count). The summed E-state index contributed by atoms with van der Waals surface area (Å²) in [5, 5.41) is 21.7. The van der Waals surface area contributed by atoms with Gasteiger partial charge in [-0.2, -0.15) is 10.4 Å². The summed E-state index contributed by atoms with van der Waals surface area (Å²) in [5.74, 6) is 0.742. The molecule has 1 aliphatic carbocycles. The standard InChI is InChI=1S/C18H30N6O/c1-18(2,3)13-7-4-5-8-15(13)22-17(25)21-10-6-9-14-12(11-19)16(20)24-23-14/h13,15H,4-10H2,1-3H3,(H3,20,23,24)(H2,21,22,25)/t13-,15+/m1/s1. The number of aryl methyl sites for hydroxylation is 1. The maximum absolute atomic E-state index is 12.2. The number of hydrogen-bond acceptors (Lipinski definition) is 4. The van der Waals surface area contributed by atoms with E-state index >= 15 is 0 Å². The first-order valence-electron chi connectivity index (χ1n) is 9.10. The Kier molecular flexibility index (Phi) is 6.29. The van der Waals surface area contributed by atoms with Crippen LogP contribution in [0.2, 0.25) is 0 Å². The predicted molar refractivity (Wildman–Crippen MR) is 97.8 cm³/mol. The number of anilines is 1. The Balaban J connectivity index is 1.76. The molecule has 2 amide bonds. The van der Waals surface area contributed by atoms with Gasteiger partial charge in [-0.3, -0.25) is 5.10 Å². The molecule has 1 saturated carbocycles. The highest BCUT2D eigenvalue weighted by Crippen LogP contribution is 2.37. The van der Waals surface area contributed by atoms with E-state index in [1.165, 1.54) is 19.3 Å². The fraction of sp³-hybridized carbons (Fsp3) is 0.722. The highest BCUT2D eigenvalue weighted by atomic mass is 16.2. The fourth-order valence-electron chi connectivity index (χ4n) is 3.73. The van der Waals surface area contributed by atoms with E-state index < -0.39 is 0 Å². The summed E-state index contributed by atoms with van der Waals surface area (Å²) in [6.45, 7) is 7.29. The van der Waals surface area contributed by atoms with Crippen molar-refractivity contribution >= 4 is 11.8 Å². The molecule has 138 valence electrons. The third-order valence-corrected chi connectivity index (χ3v) is 5.06. The van der Waals surface area contributed by atoms with Crippen molar-refractivity contribution < 1.29 is 4.79 Å². The van der Waals surface area contributed by atoms with Crippen molar-refractivity contribution in [2.75, 3.05) is 12.3 Å². The van der Waals surface area contributed by atoms with Gasteiger partial charge in [0.15, 0.2) is 5.82 Å². The van der Waals surface area contributed by atoms with Gasteiger partial charge in [0, 0.05) is 12.6 Å². The van der Waals surface area contributed by atoms with E-state index in [2.05, 4.69) is 41.6 Å². The molecule has 5 N–H and O–H groups in total. The zero-order chi connectivity index (χ0) is 18.4. The molecule has 1 aromatic rings. The highest BCUT2D eigenvalue weighted by molar-refractivity contribution is 5.74. The minimum atomic E-state index is -0.106. The van der Waals surface area contributed by atoms with E-state index in [1.807, 2.05) is 6.07 Å². The Morgan fingerprint density at radius 1 is 1.40 bits per heavy atom. The lowest BCUT2D eigenvalue weighted by molar-refractivity contribution is 0.133. The molecule has 1 aliphatic rings. The maximum Gasteiger partial charge on any atom is 0.315 e. The SMILES string of the molecule is CC(C)(C)[C@@H]1CCCC[C@@H]1NC(=O)NCCCc1[nH]nc(N)c1C#N. The molecule has 0 unspecified atom stereocenters. The first-order valence-corrected chi connectivity index (χ1v) is 9.10. The average molecular weight is 346 g/mol. The first kappa shape index (κ1) is 19.1. The molecule has 0 radical (unpaired) electrons. The summed E-state index contributed by atoms with van der Waals surface area (Å²) in [6, 6.07) is 2.18. The maximum atomic E-state index is 12.2. The molecule has 1 aromatic heterocycles. The zero-order valence-corrected chi connectivity index (χ0v) is 15.5. The first-order chi connectivity index (χ1) is 11.8. The van der Waals surface area contributed by atoms with Crippen molar-refractivity contribution in [3.63, 3.8) is 0 Å². The van der Waals surface area contributed by atoms with Gasteiger partial charge in [-0.15, -0.1) is 0 Å². The Bertz CT molecular complexity index is 624. The third kappa shape index (κ3) is 5.12. The van der Waals surface area contributed by atoms with E-state index in [-0.39, 0.29) is 23.3 Å². The minimum Gasteiger partial charge on any atom is -0.381 e. The molecule has 0 aromatic carbocycles. The number of H-pyrrole nitrogens is 1. The van der Waals surface area contributed by atoms with Gasteiger partial charge in [-0.25, -0.2) is 4.79 Å². The molecule has 7 heteroatoms. The smallest absolute Gasteiger partial charge is 0.315 e. The largest absolute Gasteiger partial charge is 0.381 e. The number of carbonyl (C=O) groups excluding carboxylic acids is 1. The van der Waals surface area contributed by atoms with Crippen molar-refractivity contribution in [3.05, 3.63) is 11.3 Å². The van der Waals surface area contributed by atoms with Crippen LogP contribution in [0, 0.1) is 22.7 Å². The molecule has 7 nitrogen and oxygen atoms in total. The van der Waals surface area contributed by atoms with Crippen LogP contribution in [0.1, 0.15) is 64.1 Å². The van der Waals surface area contributed by atoms with Gasteiger partial charge in [-0.1, -0.05) is 33.6 Å². The van der Waals surface area contributed by atoms with Crippen molar-refractivity contribution in [1.29, 1.82) is 5.26 Å². The van der Waals surface area contributed by atoms with Crippen molar-refractivity contribution in [3.8, 4) is 6.07 Å². The molecule has 25 heavy (non-hydrogen) atoms. The van der Waals surface area contributed by atoms with Gasteiger partial charge in [0.25, 0.3) is 0 Å². The molecule has 0 bridgehead atoms. The molecular formula is C18H30N6O. The number of hydrogen-bond donors (Lipinski definition) is 4. The number of nitrogens with two attached hydrogens (primary N) is 1. The average Bonchev–Trinajstić information content (AvgIpc) is 2.91. The van der Waals surface area contributed by atoms with Crippen LogP contribution < -0.4 is 16.4 Å². The number of aromatic nitrogens is 2. The molecule has 2 atom stereocenters. The summed E-state index contributed by atoms with van der Waals surface area (Å²) in [4.78, 5) is 12.2. The quantitative estimate of drug-likeness (QED) is 0.613. The summed E-state index contributed by atoms with van der Waals surface area (Å²) in [6.07, 6.45) is 5.99. The van der Waals surface area contributed by atoms with Crippen LogP contribution in [0.15, 0.2) is 0 Å². The lowest BCUT2D eigenvalue weighted by Gasteiger charge is -2.40. The van der Waals surface area contributed by atoms with Gasteiger partial charge in [0.05, 0.1) is 5.69 Å². The topological polar surface area (TPSA) is 120 Å². The summed E-state index contributed by atoms with van der Waals surface area (Å²) < 4.78 is 0. The van der Waals surface area contributed by atoms with Crippen LogP contribution >= 0.6 is 0 Å². The Hall–Kier alpha value is -2.23. The Morgan fingerprint density at radius 2 is 2.12 bits per heavy atom. The van der Waals surface area contributed by atoms with E-state index in [4.69, 9.17) is 11.0 Å².